The Labute approximate surface area is 190 Å². The number of aromatic nitrogens is 2. The minimum Gasteiger partial charge on any atom is -0.508 e. The molecule has 1 unspecified atom stereocenters. The summed E-state index contributed by atoms with van der Waals surface area (Å²) in [5.74, 6) is -1.01. The monoisotopic (exact) mass is 457 g/mol. The molecule has 4 atom stereocenters. The average Bonchev–Trinajstić information content (AvgIpc) is 3.51. The molecule has 0 bridgehead atoms. The van der Waals surface area contributed by atoms with Crippen molar-refractivity contribution in [1.82, 2.24) is 14.9 Å². The van der Waals surface area contributed by atoms with Crippen molar-refractivity contribution in [3.8, 4) is 5.75 Å². The first-order valence-electron chi connectivity index (χ1n) is 11.0. The predicted molar refractivity (Wildman–Crippen MR) is 124 cm³/mol. The molecule has 170 valence electrons. The molecule has 0 radical (unpaired) electrons. The van der Waals surface area contributed by atoms with Crippen LogP contribution in [0.1, 0.15) is 33.2 Å². The number of hydrogen-bond acceptors (Lipinski definition) is 6. The number of fused-ring (bicyclic) bond motifs is 10. The van der Waals surface area contributed by atoms with Gasteiger partial charge in [0.1, 0.15) is 18.0 Å². The zero-order chi connectivity index (χ0) is 23.5. The van der Waals surface area contributed by atoms with Gasteiger partial charge in [0, 0.05) is 32.6 Å². The molecule has 1 aliphatic heterocycles. The van der Waals surface area contributed by atoms with Crippen molar-refractivity contribution in [3.63, 3.8) is 0 Å². The number of nitrogens with one attached hydrogen (secondary N) is 2. The van der Waals surface area contributed by atoms with Gasteiger partial charge in [0.15, 0.2) is 0 Å². The van der Waals surface area contributed by atoms with Crippen LogP contribution in [-0.4, -0.2) is 60.1 Å². The van der Waals surface area contributed by atoms with Crippen molar-refractivity contribution in [3.05, 3.63) is 53.6 Å². The molecule has 0 spiro atoms. The summed E-state index contributed by atoms with van der Waals surface area (Å²) in [6, 6.07) is 11.5. The van der Waals surface area contributed by atoms with E-state index < -0.39 is 36.2 Å². The number of phenols is 1. The van der Waals surface area contributed by atoms with E-state index in [1.807, 2.05) is 28.8 Å². The predicted octanol–water partition coefficient (Wildman–Crippen LogP) is 2.05. The molecule has 3 aromatic carbocycles. The number of nitrogens with zero attached hydrogens (tertiary/aromatic N) is 1. The topological polar surface area (TPSA) is 148 Å². The number of H-pyrrole nitrogens is 1. The number of benzene rings is 3. The Kier molecular flexibility index (Phi) is 3.65. The number of carbonyl (C=O) groups excluding carboxylic acids is 2. The molecule has 2 aromatic heterocycles. The van der Waals surface area contributed by atoms with E-state index in [-0.39, 0.29) is 23.3 Å². The van der Waals surface area contributed by atoms with Gasteiger partial charge in [0.25, 0.3) is 11.8 Å². The van der Waals surface area contributed by atoms with E-state index in [1.165, 1.54) is 6.07 Å². The molecule has 9 nitrogen and oxygen atoms in total. The van der Waals surface area contributed by atoms with Gasteiger partial charge in [-0.15, -0.1) is 0 Å². The van der Waals surface area contributed by atoms with Crippen molar-refractivity contribution >= 4 is 55.4 Å². The lowest BCUT2D eigenvalue weighted by Crippen LogP contribution is -2.31. The highest BCUT2D eigenvalue weighted by Crippen LogP contribution is 2.46. The van der Waals surface area contributed by atoms with E-state index in [4.69, 9.17) is 0 Å². The number of aliphatic hydroxyl groups excluding tert-OH is 3. The number of carbonyl (C=O) groups is 2. The fraction of sp³-hybridized carbons (Fsp3) is 0.200. The van der Waals surface area contributed by atoms with E-state index in [9.17, 15) is 30.0 Å². The third kappa shape index (κ3) is 2.23. The molecule has 5 aromatic rings. The van der Waals surface area contributed by atoms with Gasteiger partial charge in [-0.1, -0.05) is 18.2 Å². The number of para-hydroxylation sites is 1. The average molecular weight is 457 g/mol. The summed E-state index contributed by atoms with van der Waals surface area (Å²) in [7, 11) is 0. The van der Waals surface area contributed by atoms with E-state index in [2.05, 4.69) is 10.3 Å². The molecule has 9 heteroatoms. The SMILES string of the molecule is O=C1NC(=O)c2c1c1c3cc(O)ccc3[nH]c1c1c2c2ccccc2n1C1C[C@H](O)[C@@H](O)[C@H]1O. The van der Waals surface area contributed by atoms with Crippen LogP contribution in [-0.2, 0) is 0 Å². The molecular weight excluding hydrogens is 438 g/mol. The van der Waals surface area contributed by atoms with Crippen LogP contribution < -0.4 is 5.32 Å². The molecule has 2 aliphatic rings. The molecule has 7 rings (SSSR count). The highest BCUT2D eigenvalue weighted by atomic mass is 16.4. The third-order valence-electron chi connectivity index (χ3n) is 7.31. The lowest BCUT2D eigenvalue weighted by molar-refractivity contribution is -0.0241. The smallest absolute Gasteiger partial charge is 0.259 e. The summed E-state index contributed by atoms with van der Waals surface area (Å²) in [5, 5.41) is 46.4. The summed E-state index contributed by atoms with van der Waals surface area (Å²) in [6.07, 6.45) is -3.54. The van der Waals surface area contributed by atoms with Gasteiger partial charge in [0.05, 0.1) is 34.3 Å². The maximum atomic E-state index is 13.1. The zero-order valence-corrected chi connectivity index (χ0v) is 17.6. The van der Waals surface area contributed by atoms with Crippen molar-refractivity contribution in [2.75, 3.05) is 0 Å². The first-order chi connectivity index (χ1) is 16.4. The van der Waals surface area contributed by atoms with Crippen LogP contribution in [0.15, 0.2) is 42.5 Å². The normalized spacial score (nSPS) is 24.7. The van der Waals surface area contributed by atoms with Crippen LogP contribution in [0, 0.1) is 0 Å². The molecular formula is C25H19N3O6. The number of aliphatic hydroxyl groups is 3. The summed E-state index contributed by atoms with van der Waals surface area (Å²) in [4.78, 5) is 29.4. The minimum absolute atomic E-state index is 0.0185. The van der Waals surface area contributed by atoms with E-state index >= 15 is 0 Å². The van der Waals surface area contributed by atoms with Gasteiger partial charge in [0.2, 0.25) is 0 Å². The number of aromatic amines is 1. The number of imide groups is 1. The van der Waals surface area contributed by atoms with Crippen molar-refractivity contribution in [1.29, 1.82) is 0 Å². The number of aromatic hydroxyl groups is 1. The molecule has 3 heterocycles. The second-order valence-corrected chi connectivity index (χ2v) is 9.10. The van der Waals surface area contributed by atoms with E-state index in [1.54, 1.807) is 12.1 Å². The molecule has 1 aliphatic carbocycles. The third-order valence-corrected chi connectivity index (χ3v) is 7.31. The summed E-state index contributed by atoms with van der Waals surface area (Å²) >= 11 is 0. The molecule has 1 saturated carbocycles. The van der Waals surface area contributed by atoms with Gasteiger partial charge >= 0.3 is 0 Å². The maximum absolute atomic E-state index is 13.1. The van der Waals surface area contributed by atoms with Crippen LogP contribution >= 0.6 is 0 Å². The van der Waals surface area contributed by atoms with Crippen molar-refractivity contribution in [2.24, 2.45) is 0 Å². The Bertz CT molecular complexity index is 1730. The number of phenolic OH excluding ortho intramolecular Hbond substituents is 1. The van der Waals surface area contributed by atoms with Gasteiger partial charge < -0.3 is 30.0 Å². The largest absolute Gasteiger partial charge is 0.508 e. The Morgan fingerprint density at radius 3 is 2.35 bits per heavy atom. The summed E-state index contributed by atoms with van der Waals surface area (Å²) < 4.78 is 1.85. The quantitative estimate of drug-likeness (QED) is 0.212. The first kappa shape index (κ1) is 19.5. The second-order valence-electron chi connectivity index (χ2n) is 9.10. The number of hydrogen-bond donors (Lipinski definition) is 6. The van der Waals surface area contributed by atoms with Gasteiger partial charge in [-0.25, -0.2) is 0 Å². The van der Waals surface area contributed by atoms with Gasteiger partial charge in [-0.3, -0.25) is 14.9 Å². The number of rotatable bonds is 1. The Hall–Kier alpha value is -3.92. The molecule has 34 heavy (non-hydrogen) atoms. The highest BCUT2D eigenvalue weighted by molar-refractivity contribution is 6.39. The van der Waals surface area contributed by atoms with Crippen LogP contribution in [0.4, 0.5) is 0 Å². The lowest BCUT2D eigenvalue weighted by atomic mass is 9.96. The van der Waals surface area contributed by atoms with Gasteiger partial charge in [-0.05, 0) is 30.7 Å². The lowest BCUT2D eigenvalue weighted by Gasteiger charge is -2.21. The second kappa shape index (κ2) is 6.35. The summed E-state index contributed by atoms with van der Waals surface area (Å²) in [5.41, 5.74) is 2.99. The molecule has 1 fully saturated rings. The van der Waals surface area contributed by atoms with Crippen LogP contribution in [0.5, 0.6) is 5.75 Å². The maximum Gasteiger partial charge on any atom is 0.259 e. The molecule has 2 amide bonds. The van der Waals surface area contributed by atoms with Crippen LogP contribution in [0.2, 0.25) is 0 Å². The number of amides is 2. The standard InChI is InChI=1S/C25H19N3O6/c29-9-5-6-12-11(7-9)16-18-19(25(34)27-24(18)33)17-10-3-1-2-4-13(10)28(21(17)20(16)26-12)14-8-15(30)23(32)22(14)31/h1-7,14-15,22-23,26,29-32H,8H2,(H,27,33,34)/t14?,15-,22-,23+/m0/s1. The first-order valence-corrected chi connectivity index (χ1v) is 11.0. The Morgan fingerprint density at radius 1 is 0.882 bits per heavy atom. The Morgan fingerprint density at radius 2 is 1.62 bits per heavy atom. The molecule has 0 saturated heterocycles. The van der Waals surface area contributed by atoms with Crippen molar-refractivity contribution < 1.29 is 30.0 Å². The molecule has 6 N–H and O–H groups in total. The summed E-state index contributed by atoms with van der Waals surface area (Å²) in [6.45, 7) is 0. The fourth-order valence-corrected chi connectivity index (χ4v) is 5.90. The van der Waals surface area contributed by atoms with Crippen LogP contribution in [0.3, 0.4) is 0 Å². The zero-order valence-electron chi connectivity index (χ0n) is 17.6. The fourth-order valence-electron chi connectivity index (χ4n) is 5.90. The van der Waals surface area contributed by atoms with E-state index in [0.29, 0.717) is 43.6 Å². The minimum atomic E-state index is -1.31. The Balaban J connectivity index is 1.77. The van der Waals surface area contributed by atoms with E-state index in [0.717, 1.165) is 0 Å². The highest BCUT2D eigenvalue weighted by Gasteiger charge is 2.44. The van der Waals surface area contributed by atoms with Crippen LogP contribution in [0.25, 0.3) is 43.6 Å². The van der Waals surface area contributed by atoms with Gasteiger partial charge in [-0.2, -0.15) is 0 Å². The van der Waals surface area contributed by atoms with Crippen molar-refractivity contribution in [2.45, 2.75) is 30.8 Å².